The highest BCUT2D eigenvalue weighted by atomic mass is 35.5. The molecule has 1 fully saturated rings. The summed E-state index contributed by atoms with van der Waals surface area (Å²) in [6.07, 6.45) is 0. The van der Waals surface area contributed by atoms with Gasteiger partial charge in [-0.05, 0) is 37.3 Å². The van der Waals surface area contributed by atoms with Crippen LogP contribution in [0.25, 0.3) is 0 Å². The van der Waals surface area contributed by atoms with E-state index in [0.29, 0.717) is 10.6 Å². The van der Waals surface area contributed by atoms with Gasteiger partial charge in [-0.1, -0.05) is 23.2 Å². The fourth-order valence-electron chi connectivity index (χ4n) is 2.88. The number of amides is 2. The van der Waals surface area contributed by atoms with Crippen molar-refractivity contribution in [1.82, 2.24) is 4.90 Å². The molecule has 0 radical (unpaired) electrons. The second kappa shape index (κ2) is 7.21. The molecule has 1 atom stereocenters. The molecular weight excluding hydrogens is 385 g/mol. The predicted molar refractivity (Wildman–Crippen MR) is 95.7 cm³/mol. The lowest BCUT2D eigenvalue weighted by molar-refractivity contribution is -0.124. The Hall–Kier alpha value is -2.18. The van der Waals surface area contributed by atoms with Crippen LogP contribution >= 0.6 is 23.2 Å². The minimum atomic E-state index is -0.824. The average molecular weight is 399 g/mol. The van der Waals surface area contributed by atoms with E-state index in [9.17, 15) is 18.4 Å². The van der Waals surface area contributed by atoms with Crippen molar-refractivity contribution >= 4 is 40.7 Å². The lowest BCUT2D eigenvalue weighted by atomic mass is 10.1. The Balaban J connectivity index is 1.83. The van der Waals surface area contributed by atoms with Crippen molar-refractivity contribution in [2.24, 2.45) is 0 Å². The zero-order chi connectivity index (χ0) is 19.0. The van der Waals surface area contributed by atoms with Gasteiger partial charge < -0.3 is 9.80 Å². The van der Waals surface area contributed by atoms with E-state index in [0.717, 1.165) is 12.1 Å². The third-order valence-electron chi connectivity index (χ3n) is 4.28. The van der Waals surface area contributed by atoms with E-state index in [4.69, 9.17) is 23.2 Å². The number of carbonyl (C=O) groups is 2. The molecule has 1 saturated heterocycles. The smallest absolute Gasteiger partial charge is 0.254 e. The van der Waals surface area contributed by atoms with Gasteiger partial charge in [-0.2, -0.15) is 0 Å². The largest absolute Gasteiger partial charge is 0.325 e. The maximum absolute atomic E-state index is 14.0. The molecule has 8 heteroatoms. The third kappa shape index (κ3) is 3.39. The van der Waals surface area contributed by atoms with Gasteiger partial charge in [0.15, 0.2) is 0 Å². The zero-order valence-electron chi connectivity index (χ0n) is 13.7. The Morgan fingerprint density at radius 1 is 1.08 bits per heavy atom. The lowest BCUT2D eigenvalue weighted by Gasteiger charge is -2.39. The summed E-state index contributed by atoms with van der Waals surface area (Å²) in [5.41, 5.74) is 0.297. The molecule has 3 rings (SSSR count). The highest BCUT2D eigenvalue weighted by Gasteiger charge is 2.36. The highest BCUT2D eigenvalue weighted by Crippen LogP contribution is 2.27. The molecule has 0 aliphatic carbocycles. The number of piperazine rings is 1. The number of hydrogen-bond acceptors (Lipinski definition) is 2. The van der Waals surface area contributed by atoms with E-state index in [1.807, 2.05) is 0 Å². The van der Waals surface area contributed by atoms with E-state index in [1.165, 1.54) is 34.1 Å². The first-order chi connectivity index (χ1) is 12.3. The monoisotopic (exact) mass is 398 g/mol. The van der Waals surface area contributed by atoms with Gasteiger partial charge in [0.25, 0.3) is 5.91 Å². The quantitative estimate of drug-likeness (QED) is 0.762. The van der Waals surface area contributed by atoms with Crippen molar-refractivity contribution in [3.05, 3.63) is 63.6 Å². The standard InChI is InChI=1S/C18H14Cl2F2N2O2/c1-10-17(25)24(16-5-3-12(21)9-15(16)22)7-6-23(10)18(26)11-2-4-13(19)14(20)8-11/h2-5,8-10H,6-7H2,1H3/t10-/m1/s1. The van der Waals surface area contributed by atoms with Gasteiger partial charge in [0.05, 0.1) is 15.7 Å². The van der Waals surface area contributed by atoms with Crippen LogP contribution in [0.3, 0.4) is 0 Å². The SMILES string of the molecule is C[C@@H]1C(=O)N(c2ccc(F)cc2F)CCN1C(=O)c1ccc(Cl)c(Cl)c1. The van der Waals surface area contributed by atoms with E-state index in [-0.39, 0.29) is 29.7 Å². The molecule has 136 valence electrons. The summed E-state index contributed by atoms with van der Waals surface area (Å²) >= 11 is 11.8. The minimum Gasteiger partial charge on any atom is -0.325 e. The summed E-state index contributed by atoms with van der Waals surface area (Å²) in [5, 5.41) is 0.562. The molecule has 2 aromatic carbocycles. The molecular formula is C18H14Cl2F2N2O2. The Morgan fingerprint density at radius 2 is 1.81 bits per heavy atom. The molecule has 26 heavy (non-hydrogen) atoms. The minimum absolute atomic E-state index is 0.00936. The Morgan fingerprint density at radius 3 is 2.46 bits per heavy atom. The fraction of sp³-hybridized carbons (Fsp3) is 0.222. The van der Waals surface area contributed by atoms with Gasteiger partial charge in [-0.3, -0.25) is 9.59 Å². The van der Waals surface area contributed by atoms with Crippen LogP contribution in [0.1, 0.15) is 17.3 Å². The molecule has 1 aliphatic heterocycles. The van der Waals surface area contributed by atoms with Crippen molar-refractivity contribution in [3.63, 3.8) is 0 Å². The number of hydrogen-bond donors (Lipinski definition) is 0. The van der Waals surface area contributed by atoms with Gasteiger partial charge in [-0.25, -0.2) is 8.78 Å². The summed E-state index contributed by atoms with van der Waals surface area (Å²) in [7, 11) is 0. The van der Waals surface area contributed by atoms with Gasteiger partial charge in [0.1, 0.15) is 17.7 Å². The molecule has 0 bridgehead atoms. The second-order valence-electron chi connectivity index (χ2n) is 5.89. The van der Waals surface area contributed by atoms with E-state index >= 15 is 0 Å². The van der Waals surface area contributed by atoms with Crippen molar-refractivity contribution in [2.75, 3.05) is 18.0 Å². The number of anilines is 1. The van der Waals surface area contributed by atoms with Crippen molar-refractivity contribution < 1.29 is 18.4 Å². The Labute approximate surface area is 158 Å². The van der Waals surface area contributed by atoms with Crippen LogP contribution in [0, 0.1) is 11.6 Å². The first kappa shape index (κ1) is 18.6. The molecule has 0 spiro atoms. The van der Waals surface area contributed by atoms with Crippen LogP contribution in [0.15, 0.2) is 36.4 Å². The van der Waals surface area contributed by atoms with Crippen LogP contribution in [-0.4, -0.2) is 35.8 Å². The number of nitrogens with zero attached hydrogens (tertiary/aromatic N) is 2. The Kier molecular flexibility index (Phi) is 5.16. The van der Waals surface area contributed by atoms with Crippen molar-refractivity contribution in [2.45, 2.75) is 13.0 Å². The maximum atomic E-state index is 14.0. The summed E-state index contributed by atoms with van der Waals surface area (Å²) in [6, 6.07) is 6.69. The second-order valence-corrected chi connectivity index (χ2v) is 6.70. The van der Waals surface area contributed by atoms with Gasteiger partial charge >= 0.3 is 0 Å². The molecule has 0 aromatic heterocycles. The summed E-state index contributed by atoms with van der Waals surface area (Å²) in [5.74, 6) is -2.37. The third-order valence-corrected chi connectivity index (χ3v) is 5.02. The predicted octanol–water partition coefficient (Wildman–Crippen LogP) is 4.15. The van der Waals surface area contributed by atoms with Gasteiger partial charge in [0.2, 0.25) is 5.91 Å². The topological polar surface area (TPSA) is 40.6 Å². The van der Waals surface area contributed by atoms with Gasteiger partial charge in [-0.15, -0.1) is 0 Å². The molecule has 4 nitrogen and oxygen atoms in total. The zero-order valence-corrected chi connectivity index (χ0v) is 15.2. The molecule has 0 N–H and O–H groups in total. The highest BCUT2D eigenvalue weighted by molar-refractivity contribution is 6.42. The maximum Gasteiger partial charge on any atom is 0.254 e. The number of benzene rings is 2. The lowest BCUT2D eigenvalue weighted by Crippen LogP contribution is -2.58. The summed E-state index contributed by atoms with van der Waals surface area (Å²) < 4.78 is 27.1. The molecule has 0 saturated carbocycles. The fourth-order valence-corrected chi connectivity index (χ4v) is 3.18. The van der Waals surface area contributed by atoms with Crippen molar-refractivity contribution in [3.8, 4) is 0 Å². The summed E-state index contributed by atoms with van der Waals surface area (Å²) in [6.45, 7) is 1.85. The molecule has 1 heterocycles. The van der Waals surface area contributed by atoms with Gasteiger partial charge in [0, 0.05) is 24.7 Å². The average Bonchev–Trinajstić information content (AvgIpc) is 2.60. The first-order valence-corrected chi connectivity index (χ1v) is 8.57. The van der Waals surface area contributed by atoms with Crippen LogP contribution in [0.2, 0.25) is 10.0 Å². The van der Waals surface area contributed by atoms with Crippen LogP contribution in [0.4, 0.5) is 14.5 Å². The van der Waals surface area contributed by atoms with E-state index in [1.54, 1.807) is 6.92 Å². The number of carbonyl (C=O) groups excluding carboxylic acids is 2. The van der Waals surface area contributed by atoms with E-state index < -0.39 is 23.6 Å². The van der Waals surface area contributed by atoms with Crippen LogP contribution in [-0.2, 0) is 4.79 Å². The Bertz CT molecular complexity index is 891. The van der Waals surface area contributed by atoms with Crippen LogP contribution in [0.5, 0.6) is 0 Å². The first-order valence-electron chi connectivity index (χ1n) is 7.82. The summed E-state index contributed by atoms with van der Waals surface area (Å²) in [4.78, 5) is 28.0. The molecule has 2 amide bonds. The molecule has 0 unspecified atom stereocenters. The van der Waals surface area contributed by atoms with E-state index in [2.05, 4.69) is 0 Å². The normalized spacial score (nSPS) is 17.6. The molecule has 2 aromatic rings. The van der Waals surface area contributed by atoms with Crippen LogP contribution < -0.4 is 4.90 Å². The van der Waals surface area contributed by atoms with Crippen molar-refractivity contribution in [1.29, 1.82) is 0 Å². The number of halogens is 4. The number of rotatable bonds is 2. The molecule has 1 aliphatic rings.